The van der Waals surface area contributed by atoms with Crippen molar-refractivity contribution in [1.82, 2.24) is 10.2 Å². The fourth-order valence-corrected chi connectivity index (χ4v) is 2.59. The molecule has 21 heavy (non-hydrogen) atoms. The van der Waals surface area contributed by atoms with E-state index in [0.29, 0.717) is 12.3 Å². The molecule has 0 bridgehead atoms. The molecular weight excluding hydrogens is 270 g/mol. The molecule has 6 nitrogen and oxygen atoms in total. The molecule has 0 aromatic carbocycles. The second-order valence-corrected chi connectivity index (χ2v) is 6.56. The number of hydrogen-bond acceptors (Lipinski definition) is 4. The van der Waals surface area contributed by atoms with Crippen LogP contribution in [0.4, 0.5) is 4.79 Å². The van der Waals surface area contributed by atoms with Gasteiger partial charge in [0.25, 0.3) is 5.91 Å². The highest BCUT2D eigenvalue weighted by atomic mass is 16.6. The first-order valence-electron chi connectivity index (χ1n) is 7.17. The normalized spacial score (nSPS) is 25.7. The smallest absolute Gasteiger partial charge is 0.408 e. The fraction of sp³-hybridized carbons (Fsp3) is 0.667. The molecule has 2 amide bonds. The average Bonchev–Trinajstić information content (AvgIpc) is 2.62. The summed E-state index contributed by atoms with van der Waals surface area (Å²) >= 11 is 0. The molecule has 0 aliphatic carbocycles. The van der Waals surface area contributed by atoms with E-state index in [4.69, 9.17) is 4.74 Å². The molecule has 2 aliphatic heterocycles. The Bertz CT molecular complexity index is 543. The van der Waals surface area contributed by atoms with Crippen molar-refractivity contribution in [2.75, 3.05) is 0 Å². The maximum atomic E-state index is 12.4. The Kier molecular flexibility index (Phi) is 3.82. The third-order valence-electron chi connectivity index (χ3n) is 3.66. The number of amides is 2. The molecule has 0 spiro atoms. The van der Waals surface area contributed by atoms with Crippen molar-refractivity contribution in [3.8, 4) is 0 Å². The van der Waals surface area contributed by atoms with E-state index >= 15 is 0 Å². The summed E-state index contributed by atoms with van der Waals surface area (Å²) in [7, 11) is 0. The van der Waals surface area contributed by atoms with E-state index in [-0.39, 0.29) is 11.9 Å². The second kappa shape index (κ2) is 5.16. The predicted molar refractivity (Wildman–Crippen MR) is 79.9 cm³/mol. The van der Waals surface area contributed by atoms with Gasteiger partial charge in [0.1, 0.15) is 17.5 Å². The Morgan fingerprint density at radius 2 is 2.00 bits per heavy atom. The number of fused-ring (bicyclic) bond motifs is 1. The van der Waals surface area contributed by atoms with Crippen molar-refractivity contribution in [2.24, 2.45) is 4.99 Å². The minimum absolute atomic E-state index is 0.0735. The maximum absolute atomic E-state index is 12.4. The van der Waals surface area contributed by atoms with Gasteiger partial charge in [0, 0.05) is 12.1 Å². The Balaban J connectivity index is 2.14. The van der Waals surface area contributed by atoms with Gasteiger partial charge in [-0.3, -0.25) is 14.7 Å². The lowest BCUT2D eigenvalue weighted by Gasteiger charge is -2.27. The molecule has 6 heteroatoms. The van der Waals surface area contributed by atoms with Crippen LogP contribution in [0.2, 0.25) is 0 Å². The molecule has 0 radical (unpaired) electrons. The van der Waals surface area contributed by atoms with Crippen molar-refractivity contribution < 1.29 is 14.3 Å². The van der Waals surface area contributed by atoms with Gasteiger partial charge in [-0.1, -0.05) is 0 Å². The van der Waals surface area contributed by atoms with Gasteiger partial charge in [0.05, 0.1) is 6.04 Å². The third kappa shape index (κ3) is 3.09. The highest BCUT2D eigenvalue weighted by Gasteiger charge is 2.41. The summed E-state index contributed by atoms with van der Waals surface area (Å²) in [5.41, 5.74) is 1.43. The van der Waals surface area contributed by atoms with Gasteiger partial charge in [-0.05, 0) is 47.1 Å². The molecule has 1 N–H and O–H groups in total. The summed E-state index contributed by atoms with van der Waals surface area (Å²) in [5.74, 6) is 0.532. The zero-order chi connectivity index (χ0) is 15.9. The number of amidine groups is 1. The largest absolute Gasteiger partial charge is 0.444 e. The Labute approximate surface area is 125 Å². The minimum atomic E-state index is -0.583. The summed E-state index contributed by atoms with van der Waals surface area (Å²) in [6.07, 6.45) is -0.0808. The lowest BCUT2D eigenvalue weighted by molar-refractivity contribution is -0.125. The van der Waals surface area contributed by atoms with Gasteiger partial charge < -0.3 is 10.1 Å². The highest BCUT2D eigenvalue weighted by Crippen LogP contribution is 2.32. The molecule has 0 saturated carbocycles. The van der Waals surface area contributed by atoms with E-state index in [2.05, 4.69) is 10.3 Å². The monoisotopic (exact) mass is 293 g/mol. The predicted octanol–water partition coefficient (Wildman–Crippen LogP) is 2.21. The van der Waals surface area contributed by atoms with E-state index in [0.717, 1.165) is 11.3 Å². The number of carbonyl (C=O) groups excluding carboxylic acids is 2. The molecule has 2 aliphatic rings. The number of aliphatic imine (C=N–C) groups is 1. The van der Waals surface area contributed by atoms with E-state index in [1.54, 1.807) is 25.7 Å². The van der Waals surface area contributed by atoms with Crippen molar-refractivity contribution in [2.45, 2.75) is 65.6 Å². The number of nitrogens with zero attached hydrogens (tertiary/aromatic N) is 2. The lowest BCUT2D eigenvalue weighted by Crippen LogP contribution is -2.45. The van der Waals surface area contributed by atoms with Crippen LogP contribution >= 0.6 is 0 Å². The third-order valence-corrected chi connectivity index (χ3v) is 3.66. The van der Waals surface area contributed by atoms with Gasteiger partial charge in [-0.15, -0.1) is 0 Å². The molecule has 1 fully saturated rings. The van der Waals surface area contributed by atoms with Crippen LogP contribution in [0.5, 0.6) is 0 Å². The first kappa shape index (κ1) is 15.5. The minimum Gasteiger partial charge on any atom is -0.444 e. The second-order valence-electron chi connectivity index (χ2n) is 6.56. The van der Waals surface area contributed by atoms with Crippen molar-refractivity contribution in [3.05, 3.63) is 11.3 Å². The molecule has 116 valence electrons. The molecule has 1 saturated heterocycles. The van der Waals surface area contributed by atoms with Gasteiger partial charge in [-0.25, -0.2) is 4.79 Å². The van der Waals surface area contributed by atoms with Crippen molar-refractivity contribution in [3.63, 3.8) is 0 Å². The molecule has 2 heterocycles. The van der Waals surface area contributed by atoms with Crippen LogP contribution in [0.1, 0.15) is 48.0 Å². The highest BCUT2D eigenvalue weighted by molar-refractivity contribution is 6.05. The van der Waals surface area contributed by atoms with Crippen LogP contribution in [0.15, 0.2) is 16.3 Å². The van der Waals surface area contributed by atoms with Gasteiger partial charge in [0.15, 0.2) is 0 Å². The zero-order valence-corrected chi connectivity index (χ0v) is 13.5. The first-order chi connectivity index (χ1) is 9.60. The number of rotatable bonds is 1. The lowest BCUT2D eigenvalue weighted by atomic mass is 10.0. The maximum Gasteiger partial charge on any atom is 0.408 e. The molecule has 2 atom stereocenters. The number of ether oxygens (including phenoxy) is 1. The van der Waals surface area contributed by atoms with Crippen LogP contribution in [-0.4, -0.2) is 40.4 Å². The number of alkyl carbamates (subject to hydrolysis) is 1. The fourth-order valence-electron chi connectivity index (χ4n) is 2.59. The Morgan fingerprint density at radius 3 is 2.57 bits per heavy atom. The molecule has 0 aromatic rings. The SMILES string of the molecule is CC1=NC(C)C(C)=C2CC(NC(=O)OC(C)(C)C)C(=O)N12. The van der Waals surface area contributed by atoms with Gasteiger partial charge >= 0.3 is 6.09 Å². The van der Waals surface area contributed by atoms with Crippen molar-refractivity contribution in [1.29, 1.82) is 0 Å². The van der Waals surface area contributed by atoms with Gasteiger partial charge in [-0.2, -0.15) is 0 Å². The van der Waals surface area contributed by atoms with E-state index in [1.165, 1.54) is 0 Å². The van der Waals surface area contributed by atoms with E-state index in [9.17, 15) is 9.59 Å². The molecule has 2 unspecified atom stereocenters. The molecule has 2 rings (SSSR count). The summed E-state index contributed by atoms with van der Waals surface area (Å²) in [4.78, 5) is 30.3. The quantitative estimate of drug-likeness (QED) is 0.805. The van der Waals surface area contributed by atoms with Gasteiger partial charge in [0.2, 0.25) is 0 Å². The summed E-state index contributed by atoms with van der Waals surface area (Å²) in [5, 5.41) is 2.66. The average molecular weight is 293 g/mol. The summed E-state index contributed by atoms with van der Waals surface area (Å²) < 4.78 is 5.21. The van der Waals surface area contributed by atoms with Crippen LogP contribution in [0.25, 0.3) is 0 Å². The summed E-state index contributed by atoms with van der Waals surface area (Å²) in [6, 6.07) is -0.510. The molecule has 0 aromatic heterocycles. The topological polar surface area (TPSA) is 71.0 Å². The van der Waals surface area contributed by atoms with Crippen molar-refractivity contribution >= 4 is 17.8 Å². The standard InChI is InChI=1S/C15H23N3O3/c1-8-9(2)16-10(3)18-12(8)7-11(13(18)19)17-14(20)21-15(4,5)6/h9,11H,7H2,1-6H3,(H,17,20). The zero-order valence-electron chi connectivity index (χ0n) is 13.5. The van der Waals surface area contributed by atoms with Crippen LogP contribution in [0, 0.1) is 0 Å². The van der Waals surface area contributed by atoms with Crippen LogP contribution in [-0.2, 0) is 9.53 Å². The number of hydrogen-bond donors (Lipinski definition) is 1. The number of nitrogens with one attached hydrogen (secondary N) is 1. The first-order valence-corrected chi connectivity index (χ1v) is 7.17. The molecular formula is C15H23N3O3. The number of carbonyl (C=O) groups is 2. The Morgan fingerprint density at radius 1 is 1.38 bits per heavy atom. The summed E-state index contributed by atoms with van der Waals surface area (Å²) in [6.45, 7) is 11.2. The van der Waals surface area contributed by atoms with E-state index < -0.39 is 17.7 Å². The van der Waals surface area contributed by atoms with Crippen LogP contribution < -0.4 is 5.32 Å². The Hall–Kier alpha value is -1.85. The van der Waals surface area contributed by atoms with Crippen LogP contribution in [0.3, 0.4) is 0 Å². The van der Waals surface area contributed by atoms with E-state index in [1.807, 2.05) is 20.8 Å².